The molecule has 14 heavy (non-hydrogen) atoms. The Morgan fingerprint density at radius 1 is 1.36 bits per heavy atom. The zero-order chi connectivity index (χ0) is 10.8. The van der Waals surface area contributed by atoms with Crippen LogP contribution in [0.4, 0.5) is 0 Å². The number of hydrogen-bond donors (Lipinski definition) is 1. The van der Waals surface area contributed by atoms with Gasteiger partial charge in [-0.05, 0) is 31.7 Å². The lowest BCUT2D eigenvalue weighted by Crippen LogP contribution is -2.40. The fourth-order valence-corrected chi connectivity index (χ4v) is 1.90. The molecule has 0 aliphatic rings. The summed E-state index contributed by atoms with van der Waals surface area (Å²) >= 11 is 3.51. The number of halogens is 1. The first-order valence-electron chi connectivity index (χ1n) is 4.92. The summed E-state index contributed by atoms with van der Waals surface area (Å²) in [6.07, 6.45) is 0. The van der Waals surface area contributed by atoms with Gasteiger partial charge in [-0.15, -0.1) is 0 Å². The van der Waals surface area contributed by atoms with E-state index in [9.17, 15) is 0 Å². The number of likely N-dealkylation sites (N-methyl/N-ethyl adjacent to an activating group) is 1. The molecule has 0 heterocycles. The van der Waals surface area contributed by atoms with Gasteiger partial charge >= 0.3 is 0 Å². The van der Waals surface area contributed by atoms with E-state index in [4.69, 9.17) is 0 Å². The van der Waals surface area contributed by atoms with Gasteiger partial charge in [0, 0.05) is 15.9 Å². The third-order valence-electron chi connectivity index (χ3n) is 3.08. The molecule has 0 aliphatic carbocycles. The molecule has 0 aromatic heterocycles. The highest BCUT2D eigenvalue weighted by Gasteiger charge is 2.26. The van der Waals surface area contributed by atoms with E-state index < -0.39 is 0 Å². The fourth-order valence-electron chi connectivity index (χ4n) is 1.50. The highest BCUT2D eigenvalue weighted by molar-refractivity contribution is 9.10. The van der Waals surface area contributed by atoms with Gasteiger partial charge in [-0.3, -0.25) is 0 Å². The Balaban J connectivity index is 3.03. The van der Waals surface area contributed by atoms with Crippen molar-refractivity contribution in [2.45, 2.75) is 32.2 Å². The van der Waals surface area contributed by atoms with Crippen molar-refractivity contribution < 1.29 is 0 Å². The summed E-state index contributed by atoms with van der Waals surface area (Å²) in [6.45, 7) is 6.73. The summed E-state index contributed by atoms with van der Waals surface area (Å²) < 4.78 is 1.14. The summed E-state index contributed by atoms with van der Waals surface area (Å²) in [6, 6.07) is 8.97. The van der Waals surface area contributed by atoms with Crippen molar-refractivity contribution in [2.75, 3.05) is 7.05 Å². The van der Waals surface area contributed by atoms with Crippen molar-refractivity contribution in [1.29, 1.82) is 0 Å². The molecule has 1 rings (SSSR count). The van der Waals surface area contributed by atoms with Crippen LogP contribution >= 0.6 is 15.9 Å². The van der Waals surface area contributed by atoms with E-state index >= 15 is 0 Å². The van der Waals surface area contributed by atoms with Crippen LogP contribution in [0.2, 0.25) is 0 Å². The van der Waals surface area contributed by atoms with Gasteiger partial charge in [0.2, 0.25) is 0 Å². The molecule has 0 saturated carbocycles. The smallest absolute Gasteiger partial charge is 0.0178 e. The normalized spacial score (nSPS) is 14.1. The van der Waals surface area contributed by atoms with Crippen molar-refractivity contribution in [1.82, 2.24) is 5.32 Å². The van der Waals surface area contributed by atoms with Gasteiger partial charge in [-0.2, -0.15) is 0 Å². The van der Waals surface area contributed by atoms with Crippen LogP contribution in [-0.2, 0) is 5.41 Å². The largest absolute Gasteiger partial charge is 0.316 e. The number of hydrogen-bond acceptors (Lipinski definition) is 1. The number of nitrogens with one attached hydrogen (secondary N) is 1. The van der Waals surface area contributed by atoms with Gasteiger partial charge in [0.1, 0.15) is 0 Å². The molecule has 0 bridgehead atoms. The third-order valence-corrected chi connectivity index (χ3v) is 3.58. The first kappa shape index (κ1) is 11.7. The Bertz CT molecular complexity index is 307. The maximum atomic E-state index is 3.51. The Morgan fingerprint density at radius 2 is 2.00 bits per heavy atom. The number of rotatable bonds is 3. The Labute approximate surface area is 95.0 Å². The van der Waals surface area contributed by atoms with Gasteiger partial charge in [-0.25, -0.2) is 0 Å². The predicted octanol–water partition coefficient (Wildman–Crippen LogP) is 3.33. The second-order valence-corrected chi connectivity index (χ2v) is 5.16. The van der Waals surface area contributed by atoms with E-state index in [2.05, 4.69) is 66.3 Å². The molecule has 1 aromatic carbocycles. The lowest BCUT2D eigenvalue weighted by atomic mass is 9.78. The molecule has 2 heteroatoms. The molecule has 1 aromatic rings. The maximum absolute atomic E-state index is 3.51. The topological polar surface area (TPSA) is 12.0 Å². The minimum atomic E-state index is 0.151. The summed E-state index contributed by atoms with van der Waals surface area (Å²) in [5.41, 5.74) is 1.51. The van der Waals surface area contributed by atoms with E-state index in [0.717, 1.165) is 4.47 Å². The Morgan fingerprint density at radius 3 is 2.50 bits per heavy atom. The summed E-state index contributed by atoms with van der Waals surface area (Å²) in [4.78, 5) is 0. The summed E-state index contributed by atoms with van der Waals surface area (Å²) in [7, 11) is 2.00. The molecule has 0 fully saturated rings. The fraction of sp³-hybridized carbons (Fsp3) is 0.500. The second kappa shape index (κ2) is 4.45. The van der Waals surface area contributed by atoms with Gasteiger partial charge in [0.15, 0.2) is 0 Å². The Hall–Kier alpha value is -0.340. The number of benzene rings is 1. The van der Waals surface area contributed by atoms with Crippen molar-refractivity contribution >= 4 is 15.9 Å². The monoisotopic (exact) mass is 255 g/mol. The van der Waals surface area contributed by atoms with E-state index in [1.165, 1.54) is 5.56 Å². The molecule has 78 valence electrons. The van der Waals surface area contributed by atoms with E-state index in [0.29, 0.717) is 6.04 Å². The summed E-state index contributed by atoms with van der Waals surface area (Å²) in [5.74, 6) is 0. The van der Waals surface area contributed by atoms with Gasteiger partial charge in [-0.1, -0.05) is 41.9 Å². The van der Waals surface area contributed by atoms with Gasteiger partial charge in [0.05, 0.1) is 0 Å². The van der Waals surface area contributed by atoms with E-state index in [1.807, 2.05) is 7.05 Å². The quantitative estimate of drug-likeness (QED) is 0.874. The average molecular weight is 256 g/mol. The highest BCUT2D eigenvalue weighted by atomic mass is 79.9. The molecule has 1 unspecified atom stereocenters. The zero-order valence-corrected chi connectivity index (χ0v) is 10.9. The molecule has 0 radical (unpaired) electrons. The first-order valence-corrected chi connectivity index (χ1v) is 5.71. The highest BCUT2D eigenvalue weighted by Crippen LogP contribution is 2.28. The van der Waals surface area contributed by atoms with Crippen LogP contribution in [0.5, 0.6) is 0 Å². The van der Waals surface area contributed by atoms with Crippen LogP contribution in [0, 0.1) is 0 Å². The van der Waals surface area contributed by atoms with E-state index in [-0.39, 0.29) is 5.41 Å². The van der Waals surface area contributed by atoms with Crippen LogP contribution in [-0.4, -0.2) is 13.1 Å². The predicted molar refractivity (Wildman–Crippen MR) is 65.7 cm³/mol. The molecule has 0 aliphatic heterocycles. The zero-order valence-electron chi connectivity index (χ0n) is 9.26. The molecule has 0 saturated heterocycles. The van der Waals surface area contributed by atoms with Crippen LogP contribution in [0.1, 0.15) is 26.3 Å². The lowest BCUT2D eigenvalue weighted by Gasteiger charge is -2.32. The van der Waals surface area contributed by atoms with E-state index in [1.54, 1.807) is 0 Å². The van der Waals surface area contributed by atoms with Crippen molar-refractivity contribution in [3.8, 4) is 0 Å². The molecular weight excluding hydrogens is 238 g/mol. The Kier molecular flexibility index (Phi) is 3.73. The van der Waals surface area contributed by atoms with Crippen LogP contribution < -0.4 is 5.32 Å². The molecule has 0 amide bonds. The molecule has 1 nitrogen and oxygen atoms in total. The van der Waals surface area contributed by atoms with Crippen LogP contribution in [0.15, 0.2) is 28.7 Å². The first-order chi connectivity index (χ1) is 6.48. The van der Waals surface area contributed by atoms with Crippen LogP contribution in [0.25, 0.3) is 0 Å². The second-order valence-electron chi connectivity index (χ2n) is 4.24. The third kappa shape index (κ3) is 2.37. The standard InChI is InChI=1S/C12H18BrN/c1-9(14-4)12(2,3)10-6-5-7-11(13)8-10/h5-9,14H,1-4H3. The maximum Gasteiger partial charge on any atom is 0.0178 e. The SMILES string of the molecule is CNC(C)C(C)(C)c1cccc(Br)c1. The van der Waals surface area contributed by atoms with Gasteiger partial charge in [0.25, 0.3) is 0 Å². The van der Waals surface area contributed by atoms with Crippen molar-refractivity contribution in [2.24, 2.45) is 0 Å². The average Bonchev–Trinajstić information content (AvgIpc) is 2.16. The molecular formula is C12H18BrN. The molecule has 0 spiro atoms. The van der Waals surface area contributed by atoms with Gasteiger partial charge < -0.3 is 5.32 Å². The lowest BCUT2D eigenvalue weighted by molar-refractivity contribution is 0.383. The minimum Gasteiger partial charge on any atom is -0.316 e. The van der Waals surface area contributed by atoms with Crippen molar-refractivity contribution in [3.05, 3.63) is 34.3 Å². The summed E-state index contributed by atoms with van der Waals surface area (Å²) in [5, 5.41) is 3.31. The minimum absolute atomic E-state index is 0.151. The van der Waals surface area contributed by atoms with Crippen LogP contribution in [0.3, 0.4) is 0 Å². The molecule has 1 N–H and O–H groups in total. The van der Waals surface area contributed by atoms with Crippen molar-refractivity contribution in [3.63, 3.8) is 0 Å². The molecule has 1 atom stereocenters.